The number of aliphatic imine (C=N–C) groups is 1. The van der Waals surface area contributed by atoms with E-state index >= 15 is 0 Å². The summed E-state index contributed by atoms with van der Waals surface area (Å²) >= 11 is 0. The van der Waals surface area contributed by atoms with Crippen LogP contribution >= 0.6 is 0 Å². The number of rotatable bonds is 0. The van der Waals surface area contributed by atoms with E-state index in [1.165, 1.54) is 0 Å². The van der Waals surface area contributed by atoms with Crippen molar-refractivity contribution in [3.63, 3.8) is 0 Å². The topological polar surface area (TPSA) is 83.9 Å². The van der Waals surface area contributed by atoms with E-state index in [0.717, 1.165) is 6.08 Å². The highest BCUT2D eigenvalue weighted by Gasteiger charge is 2.32. The van der Waals surface area contributed by atoms with Gasteiger partial charge in [0, 0.05) is 6.54 Å². The van der Waals surface area contributed by atoms with E-state index in [1.54, 1.807) is 0 Å². The minimum absolute atomic E-state index is 0.0624. The van der Waals surface area contributed by atoms with E-state index in [0.29, 0.717) is 10.7 Å². The number of hydrogen-bond donors (Lipinski definition) is 0. The van der Waals surface area contributed by atoms with Crippen LogP contribution in [0.2, 0.25) is 0 Å². The SMILES string of the molecule is O=C=NC(=O)N1CCCS1(=O)=O. The van der Waals surface area contributed by atoms with Gasteiger partial charge in [-0.2, -0.15) is 0 Å². The van der Waals surface area contributed by atoms with Crippen molar-refractivity contribution in [1.29, 1.82) is 0 Å². The Bertz CT molecular complexity index is 340. The second-order valence-corrected chi connectivity index (χ2v) is 4.24. The fraction of sp³-hybridized carbons (Fsp3) is 0.600. The Labute approximate surface area is 68.9 Å². The number of nitrogens with zero attached hydrogens (tertiary/aromatic N) is 2. The van der Waals surface area contributed by atoms with E-state index in [9.17, 15) is 18.0 Å². The molecule has 2 amide bonds. The van der Waals surface area contributed by atoms with Gasteiger partial charge in [0.15, 0.2) is 0 Å². The summed E-state index contributed by atoms with van der Waals surface area (Å²) in [6.45, 7) is 0.104. The zero-order chi connectivity index (χ0) is 9.19. The van der Waals surface area contributed by atoms with Crippen molar-refractivity contribution in [3.05, 3.63) is 0 Å². The van der Waals surface area contributed by atoms with Crippen molar-refractivity contribution >= 4 is 22.1 Å². The first-order chi connectivity index (χ1) is 5.58. The first-order valence-corrected chi connectivity index (χ1v) is 4.81. The van der Waals surface area contributed by atoms with Gasteiger partial charge < -0.3 is 0 Å². The standard InChI is InChI=1S/C5H6N2O4S/c8-4-6-5(9)7-2-1-3-12(7,10)11/h1-3H2. The Hall–Kier alpha value is -1.20. The van der Waals surface area contributed by atoms with Gasteiger partial charge in [0.05, 0.1) is 5.75 Å². The van der Waals surface area contributed by atoms with E-state index < -0.39 is 16.1 Å². The van der Waals surface area contributed by atoms with Crippen molar-refractivity contribution in [3.8, 4) is 0 Å². The summed E-state index contributed by atoms with van der Waals surface area (Å²) in [4.78, 5) is 23.1. The van der Waals surface area contributed by atoms with Gasteiger partial charge in [-0.05, 0) is 6.42 Å². The molecule has 0 saturated carbocycles. The lowest BCUT2D eigenvalue weighted by molar-refractivity contribution is 0.234. The lowest BCUT2D eigenvalue weighted by atomic mass is 10.5. The largest absolute Gasteiger partial charge is 0.368 e. The quantitative estimate of drug-likeness (QED) is 0.380. The normalized spacial score (nSPS) is 20.2. The summed E-state index contributed by atoms with van der Waals surface area (Å²) in [7, 11) is -3.50. The molecule has 1 rings (SSSR count). The third kappa shape index (κ3) is 1.51. The van der Waals surface area contributed by atoms with Crippen LogP contribution in [-0.4, -0.2) is 37.1 Å². The second kappa shape index (κ2) is 3.04. The highest BCUT2D eigenvalue weighted by Crippen LogP contribution is 2.13. The molecule has 0 aromatic carbocycles. The van der Waals surface area contributed by atoms with Crippen LogP contribution in [0.1, 0.15) is 6.42 Å². The summed E-state index contributed by atoms with van der Waals surface area (Å²) in [5, 5.41) is 0. The van der Waals surface area contributed by atoms with Crippen LogP contribution in [0.25, 0.3) is 0 Å². The van der Waals surface area contributed by atoms with Crippen LogP contribution < -0.4 is 0 Å². The lowest BCUT2D eigenvalue weighted by Gasteiger charge is -2.08. The molecule has 0 N–H and O–H groups in total. The number of urea groups is 1. The second-order valence-electron chi connectivity index (χ2n) is 2.23. The predicted octanol–water partition coefficient (Wildman–Crippen LogP) is -0.522. The minimum Gasteiger partial charge on any atom is -0.244 e. The number of sulfonamides is 1. The molecule has 1 aliphatic heterocycles. The van der Waals surface area contributed by atoms with Gasteiger partial charge in [0.1, 0.15) is 0 Å². The first-order valence-electron chi connectivity index (χ1n) is 3.20. The maximum Gasteiger partial charge on any atom is 0.368 e. The van der Waals surface area contributed by atoms with Crippen molar-refractivity contribution < 1.29 is 18.0 Å². The number of amides is 2. The summed E-state index contributed by atoms with van der Waals surface area (Å²) in [6, 6.07) is -1.05. The average Bonchev–Trinajstić information content (AvgIpc) is 2.30. The summed E-state index contributed by atoms with van der Waals surface area (Å²) in [5.41, 5.74) is 0. The fourth-order valence-electron chi connectivity index (χ4n) is 0.949. The summed E-state index contributed by atoms with van der Waals surface area (Å²) in [6.07, 6.45) is 1.39. The Kier molecular flexibility index (Phi) is 2.25. The zero-order valence-corrected chi connectivity index (χ0v) is 6.87. The number of hydrogen-bond acceptors (Lipinski definition) is 4. The molecule has 0 radical (unpaired) electrons. The van der Waals surface area contributed by atoms with Gasteiger partial charge in [0.2, 0.25) is 16.1 Å². The molecule has 0 aromatic rings. The molecule has 6 nitrogen and oxygen atoms in total. The molecule has 1 fully saturated rings. The fourth-order valence-corrected chi connectivity index (χ4v) is 2.35. The molecular weight excluding hydrogens is 184 g/mol. The predicted molar refractivity (Wildman–Crippen MR) is 38.6 cm³/mol. The van der Waals surface area contributed by atoms with Crippen molar-refractivity contribution in [2.24, 2.45) is 4.99 Å². The number of carbonyl (C=O) groups excluding carboxylic acids is 2. The van der Waals surface area contributed by atoms with E-state index in [-0.39, 0.29) is 12.3 Å². The van der Waals surface area contributed by atoms with Gasteiger partial charge >= 0.3 is 6.03 Å². The molecule has 66 valence electrons. The van der Waals surface area contributed by atoms with E-state index in [1.807, 2.05) is 0 Å². The van der Waals surface area contributed by atoms with Gasteiger partial charge in [0.25, 0.3) is 0 Å². The minimum atomic E-state index is -3.50. The molecule has 0 bridgehead atoms. The van der Waals surface area contributed by atoms with E-state index in [4.69, 9.17) is 0 Å². The molecule has 12 heavy (non-hydrogen) atoms. The van der Waals surface area contributed by atoms with Gasteiger partial charge in [-0.3, -0.25) is 0 Å². The number of carbonyl (C=O) groups is 1. The molecule has 0 aromatic heterocycles. The highest BCUT2D eigenvalue weighted by atomic mass is 32.2. The van der Waals surface area contributed by atoms with E-state index in [2.05, 4.69) is 4.99 Å². The Morgan fingerprint density at radius 1 is 1.50 bits per heavy atom. The third-order valence-corrected chi connectivity index (χ3v) is 3.27. The van der Waals surface area contributed by atoms with Crippen LogP contribution in [-0.2, 0) is 14.8 Å². The van der Waals surface area contributed by atoms with Crippen LogP contribution in [0.15, 0.2) is 4.99 Å². The maximum absolute atomic E-state index is 11.0. The maximum atomic E-state index is 11.0. The molecule has 0 atom stereocenters. The summed E-state index contributed by atoms with van der Waals surface area (Å²) in [5.74, 6) is -0.0624. The molecular formula is C5H6N2O4S. The zero-order valence-electron chi connectivity index (χ0n) is 6.06. The van der Waals surface area contributed by atoms with Crippen LogP contribution in [0.5, 0.6) is 0 Å². The van der Waals surface area contributed by atoms with Gasteiger partial charge in [-0.15, -0.1) is 4.99 Å². The third-order valence-electron chi connectivity index (χ3n) is 1.45. The Balaban J connectivity index is 2.90. The smallest absolute Gasteiger partial charge is 0.244 e. The van der Waals surface area contributed by atoms with Crippen LogP contribution in [0, 0.1) is 0 Å². The summed E-state index contributed by atoms with van der Waals surface area (Å²) < 4.78 is 22.6. The first kappa shape index (κ1) is 8.89. The lowest BCUT2D eigenvalue weighted by Crippen LogP contribution is -2.29. The Morgan fingerprint density at radius 2 is 2.17 bits per heavy atom. The molecule has 1 saturated heterocycles. The molecule has 1 aliphatic rings. The number of isocyanates is 1. The molecule has 0 unspecified atom stereocenters. The van der Waals surface area contributed by atoms with Crippen molar-refractivity contribution in [1.82, 2.24) is 4.31 Å². The Morgan fingerprint density at radius 3 is 2.58 bits per heavy atom. The molecule has 7 heteroatoms. The monoisotopic (exact) mass is 190 g/mol. The molecule has 0 aliphatic carbocycles. The van der Waals surface area contributed by atoms with Crippen LogP contribution in [0.4, 0.5) is 4.79 Å². The molecule has 0 spiro atoms. The van der Waals surface area contributed by atoms with Crippen molar-refractivity contribution in [2.75, 3.05) is 12.3 Å². The van der Waals surface area contributed by atoms with Gasteiger partial charge in [-0.25, -0.2) is 22.3 Å². The highest BCUT2D eigenvalue weighted by molar-refractivity contribution is 7.89. The molecule has 1 heterocycles. The van der Waals surface area contributed by atoms with Crippen molar-refractivity contribution in [2.45, 2.75) is 6.42 Å². The van der Waals surface area contributed by atoms with Gasteiger partial charge in [-0.1, -0.05) is 0 Å². The average molecular weight is 190 g/mol. The van der Waals surface area contributed by atoms with Crippen LogP contribution in [0.3, 0.4) is 0 Å².